The first-order valence-corrected chi connectivity index (χ1v) is 6.26. The van der Waals surface area contributed by atoms with E-state index in [4.69, 9.17) is 9.47 Å². The van der Waals surface area contributed by atoms with Gasteiger partial charge in [0.2, 0.25) is 0 Å². The van der Waals surface area contributed by atoms with E-state index >= 15 is 0 Å². The lowest BCUT2D eigenvalue weighted by Gasteiger charge is -2.08. The molecule has 0 atom stereocenters. The van der Waals surface area contributed by atoms with Crippen LogP contribution in [0.3, 0.4) is 0 Å². The Morgan fingerprint density at radius 3 is 2.88 bits per heavy atom. The monoisotopic (exact) mass is 237 g/mol. The van der Waals surface area contributed by atoms with Crippen molar-refractivity contribution in [3.05, 3.63) is 29.8 Å². The van der Waals surface area contributed by atoms with Crippen LogP contribution in [0, 0.1) is 0 Å². The third-order valence-corrected chi connectivity index (χ3v) is 2.46. The van der Waals surface area contributed by atoms with Crippen LogP contribution in [0.4, 0.5) is 5.69 Å². The number of methoxy groups -OCH3 is 1. The molecule has 1 aromatic rings. The van der Waals surface area contributed by atoms with Crippen LogP contribution in [0.25, 0.3) is 0 Å². The quantitative estimate of drug-likeness (QED) is 0.670. The van der Waals surface area contributed by atoms with Crippen molar-refractivity contribution < 1.29 is 9.47 Å². The highest BCUT2D eigenvalue weighted by Gasteiger charge is 1.95. The van der Waals surface area contributed by atoms with Crippen LogP contribution >= 0.6 is 0 Å². The summed E-state index contributed by atoms with van der Waals surface area (Å²) < 4.78 is 10.6. The molecule has 1 aromatic carbocycles. The van der Waals surface area contributed by atoms with Gasteiger partial charge in [-0.25, -0.2) is 0 Å². The van der Waals surface area contributed by atoms with Gasteiger partial charge in [-0.15, -0.1) is 0 Å². The zero-order valence-corrected chi connectivity index (χ0v) is 10.9. The minimum Gasteiger partial charge on any atom is -0.383 e. The van der Waals surface area contributed by atoms with Crippen molar-refractivity contribution in [3.63, 3.8) is 0 Å². The van der Waals surface area contributed by atoms with Crippen molar-refractivity contribution in [1.29, 1.82) is 0 Å². The second kappa shape index (κ2) is 9.02. The Bertz CT molecular complexity index is 302. The van der Waals surface area contributed by atoms with Gasteiger partial charge in [-0.1, -0.05) is 25.5 Å². The molecule has 0 heterocycles. The molecule has 0 amide bonds. The SMILES string of the molecule is CCCCOCCNc1cccc(COC)c1. The zero-order chi connectivity index (χ0) is 12.3. The van der Waals surface area contributed by atoms with E-state index in [9.17, 15) is 0 Å². The van der Waals surface area contributed by atoms with Crippen molar-refractivity contribution in [2.45, 2.75) is 26.4 Å². The maximum Gasteiger partial charge on any atom is 0.0713 e. The Morgan fingerprint density at radius 1 is 1.24 bits per heavy atom. The van der Waals surface area contributed by atoms with Gasteiger partial charge in [0.15, 0.2) is 0 Å². The van der Waals surface area contributed by atoms with E-state index in [1.807, 2.05) is 6.07 Å². The summed E-state index contributed by atoms with van der Waals surface area (Å²) in [6, 6.07) is 8.27. The van der Waals surface area contributed by atoms with Crippen LogP contribution in [0.1, 0.15) is 25.3 Å². The van der Waals surface area contributed by atoms with Gasteiger partial charge in [-0.2, -0.15) is 0 Å². The molecule has 3 nitrogen and oxygen atoms in total. The summed E-state index contributed by atoms with van der Waals surface area (Å²) in [4.78, 5) is 0. The van der Waals surface area contributed by atoms with E-state index in [0.29, 0.717) is 6.61 Å². The van der Waals surface area contributed by atoms with Crippen LogP contribution in [0.2, 0.25) is 0 Å². The predicted octanol–water partition coefficient (Wildman–Crippen LogP) is 3.06. The summed E-state index contributed by atoms with van der Waals surface area (Å²) in [6.45, 7) is 5.29. The minimum atomic E-state index is 0.655. The van der Waals surface area contributed by atoms with Crippen molar-refractivity contribution in [2.75, 3.05) is 32.2 Å². The van der Waals surface area contributed by atoms with Gasteiger partial charge in [-0.3, -0.25) is 0 Å². The summed E-state index contributed by atoms with van der Waals surface area (Å²) in [5.74, 6) is 0. The van der Waals surface area contributed by atoms with Crippen molar-refractivity contribution in [3.8, 4) is 0 Å². The van der Waals surface area contributed by atoms with E-state index in [0.717, 1.165) is 31.9 Å². The molecule has 0 radical (unpaired) electrons. The Labute approximate surface area is 104 Å². The summed E-state index contributed by atoms with van der Waals surface area (Å²) >= 11 is 0. The zero-order valence-electron chi connectivity index (χ0n) is 10.9. The number of anilines is 1. The van der Waals surface area contributed by atoms with Crippen molar-refractivity contribution in [2.24, 2.45) is 0 Å². The molecule has 0 saturated carbocycles. The Hall–Kier alpha value is -1.06. The highest BCUT2D eigenvalue weighted by molar-refractivity contribution is 5.45. The second-order valence-electron chi connectivity index (χ2n) is 4.03. The average Bonchev–Trinajstić information content (AvgIpc) is 2.35. The smallest absolute Gasteiger partial charge is 0.0713 e. The van der Waals surface area contributed by atoms with Crippen LogP contribution in [-0.4, -0.2) is 26.9 Å². The molecule has 0 saturated heterocycles. The number of hydrogen-bond acceptors (Lipinski definition) is 3. The van der Waals surface area contributed by atoms with Gasteiger partial charge < -0.3 is 14.8 Å². The third kappa shape index (κ3) is 6.29. The van der Waals surface area contributed by atoms with Gasteiger partial charge in [-0.05, 0) is 24.1 Å². The van der Waals surface area contributed by atoms with E-state index in [1.54, 1.807) is 7.11 Å². The normalized spacial score (nSPS) is 10.5. The molecule has 0 aliphatic carbocycles. The molecule has 0 bridgehead atoms. The van der Waals surface area contributed by atoms with Gasteiger partial charge in [0.25, 0.3) is 0 Å². The first kappa shape index (κ1) is 14.0. The molecule has 0 fully saturated rings. The topological polar surface area (TPSA) is 30.5 Å². The number of unbranched alkanes of at least 4 members (excludes halogenated alkanes) is 1. The molecule has 17 heavy (non-hydrogen) atoms. The Morgan fingerprint density at radius 2 is 2.12 bits per heavy atom. The first-order valence-electron chi connectivity index (χ1n) is 6.26. The number of nitrogens with one attached hydrogen (secondary N) is 1. The molecular weight excluding hydrogens is 214 g/mol. The van der Waals surface area contributed by atoms with E-state index in [-0.39, 0.29) is 0 Å². The first-order chi connectivity index (χ1) is 8.36. The summed E-state index contributed by atoms with van der Waals surface area (Å²) in [5.41, 5.74) is 2.31. The number of ether oxygens (including phenoxy) is 2. The molecule has 0 aliphatic heterocycles. The predicted molar refractivity (Wildman–Crippen MR) is 71.4 cm³/mol. The van der Waals surface area contributed by atoms with Gasteiger partial charge >= 0.3 is 0 Å². The number of hydrogen-bond donors (Lipinski definition) is 1. The Balaban J connectivity index is 2.19. The molecule has 0 unspecified atom stereocenters. The van der Waals surface area contributed by atoms with Crippen LogP contribution in [0.15, 0.2) is 24.3 Å². The van der Waals surface area contributed by atoms with E-state index in [1.165, 1.54) is 12.0 Å². The minimum absolute atomic E-state index is 0.655. The third-order valence-electron chi connectivity index (χ3n) is 2.46. The van der Waals surface area contributed by atoms with Crippen molar-refractivity contribution in [1.82, 2.24) is 0 Å². The lowest BCUT2D eigenvalue weighted by Crippen LogP contribution is -2.10. The molecule has 0 aliphatic rings. The summed E-state index contributed by atoms with van der Waals surface area (Å²) in [5, 5.41) is 3.34. The lowest BCUT2D eigenvalue weighted by atomic mass is 10.2. The average molecular weight is 237 g/mol. The lowest BCUT2D eigenvalue weighted by molar-refractivity contribution is 0.141. The highest BCUT2D eigenvalue weighted by Crippen LogP contribution is 2.10. The maximum absolute atomic E-state index is 5.49. The molecule has 0 aromatic heterocycles. The molecule has 96 valence electrons. The highest BCUT2D eigenvalue weighted by atomic mass is 16.5. The maximum atomic E-state index is 5.49. The molecule has 1 N–H and O–H groups in total. The molecule has 0 spiro atoms. The van der Waals surface area contributed by atoms with Crippen LogP contribution in [-0.2, 0) is 16.1 Å². The fourth-order valence-electron chi connectivity index (χ4n) is 1.55. The number of benzene rings is 1. The van der Waals surface area contributed by atoms with E-state index in [2.05, 4.69) is 30.4 Å². The fraction of sp³-hybridized carbons (Fsp3) is 0.571. The van der Waals surface area contributed by atoms with E-state index < -0.39 is 0 Å². The van der Waals surface area contributed by atoms with Gasteiger partial charge in [0.1, 0.15) is 0 Å². The standard InChI is InChI=1S/C14H23NO2/c1-3-4-9-17-10-8-15-14-7-5-6-13(11-14)12-16-2/h5-7,11,15H,3-4,8-10,12H2,1-2H3. The van der Waals surface area contributed by atoms with Gasteiger partial charge in [0.05, 0.1) is 13.2 Å². The van der Waals surface area contributed by atoms with Crippen molar-refractivity contribution >= 4 is 5.69 Å². The van der Waals surface area contributed by atoms with Crippen LogP contribution < -0.4 is 5.32 Å². The Kier molecular flexibility index (Phi) is 7.43. The van der Waals surface area contributed by atoms with Crippen LogP contribution in [0.5, 0.6) is 0 Å². The second-order valence-corrected chi connectivity index (χ2v) is 4.03. The summed E-state index contributed by atoms with van der Waals surface area (Å²) in [6.07, 6.45) is 2.33. The summed E-state index contributed by atoms with van der Waals surface area (Å²) in [7, 11) is 1.71. The largest absolute Gasteiger partial charge is 0.383 e. The van der Waals surface area contributed by atoms with Gasteiger partial charge in [0, 0.05) is 25.9 Å². The fourth-order valence-corrected chi connectivity index (χ4v) is 1.55. The molecular formula is C14H23NO2. The molecule has 3 heteroatoms. The number of rotatable bonds is 9. The molecule has 1 rings (SSSR count).